The van der Waals surface area contributed by atoms with Crippen LogP contribution in [0.2, 0.25) is 5.02 Å². The fourth-order valence-corrected chi connectivity index (χ4v) is 3.33. The van der Waals surface area contributed by atoms with Crippen LogP contribution in [-0.2, 0) is 14.4 Å². The zero-order valence-corrected chi connectivity index (χ0v) is 18.4. The van der Waals surface area contributed by atoms with E-state index in [0.717, 1.165) is 10.5 Å². The standard InChI is InChI=1S/C26H17ClN2O5/c27-19-11-13-20(14-12-19)29-25(32)21(24(31)28-26(29)33)16-18-8-4-5-9-22(18)34-23(30)15-10-17-6-2-1-3-7-17/h1-16H,(H,28,31,33)/b15-10+,21-16-. The smallest absolute Gasteiger partial charge is 0.336 e. The van der Waals surface area contributed by atoms with Crippen LogP contribution in [0, 0.1) is 0 Å². The molecule has 0 aliphatic carbocycles. The summed E-state index contributed by atoms with van der Waals surface area (Å²) in [4.78, 5) is 51.0. The van der Waals surface area contributed by atoms with Crippen molar-refractivity contribution >= 4 is 53.3 Å². The molecule has 3 aromatic rings. The summed E-state index contributed by atoms with van der Waals surface area (Å²) in [5, 5.41) is 2.58. The summed E-state index contributed by atoms with van der Waals surface area (Å²) in [6.07, 6.45) is 4.16. The molecule has 7 nitrogen and oxygen atoms in total. The molecule has 0 saturated carbocycles. The fraction of sp³-hybridized carbons (Fsp3) is 0. The third-order valence-corrected chi connectivity index (χ3v) is 5.08. The third-order valence-electron chi connectivity index (χ3n) is 4.83. The van der Waals surface area contributed by atoms with Gasteiger partial charge in [-0.05, 0) is 48.0 Å². The van der Waals surface area contributed by atoms with Crippen molar-refractivity contribution in [1.82, 2.24) is 5.32 Å². The van der Waals surface area contributed by atoms with E-state index in [0.29, 0.717) is 10.6 Å². The SMILES string of the molecule is O=C(/C=C/c1ccccc1)Oc1ccccc1/C=C1/C(=O)NC(=O)N(c2ccc(Cl)cc2)C1=O. The number of rotatable bonds is 5. The molecule has 34 heavy (non-hydrogen) atoms. The minimum atomic E-state index is -0.875. The highest BCUT2D eigenvalue weighted by atomic mass is 35.5. The summed E-state index contributed by atoms with van der Waals surface area (Å²) in [5.74, 6) is -2.16. The number of esters is 1. The molecule has 0 spiro atoms. The van der Waals surface area contributed by atoms with Gasteiger partial charge in [0.2, 0.25) is 0 Å². The Bertz CT molecular complexity index is 1330. The summed E-state index contributed by atoms with van der Waals surface area (Å²) in [7, 11) is 0. The average molecular weight is 473 g/mol. The van der Waals surface area contributed by atoms with Gasteiger partial charge >= 0.3 is 12.0 Å². The van der Waals surface area contributed by atoms with Crippen LogP contribution < -0.4 is 15.0 Å². The third kappa shape index (κ3) is 5.11. The summed E-state index contributed by atoms with van der Waals surface area (Å²) < 4.78 is 5.42. The van der Waals surface area contributed by atoms with Crippen LogP contribution in [0.15, 0.2) is 90.5 Å². The predicted octanol–water partition coefficient (Wildman–Crippen LogP) is 4.63. The molecule has 1 N–H and O–H groups in total. The fourth-order valence-electron chi connectivity index (χ4n) is 3.20. The number of amides is 4. The molecule has 0 atom stereocenters. The number of hydrogen-bond acceptors (Lipinski definition) is 5. The summed E-state index contributed by atoms with van der Waals surface area (Å²) in [6, 6.07) is 20.8. The molecule has 0 unspecified atom stereocenters. The summed E-state index contributed by atoms with van der Waals surface area (Å²) in [5.41, 5.74) is 1.09. The minimum Gasteiger partial charge on any atom is -0.423 e. The molecule has 168 valence electrons. The number of carbonyl (C=O) groups is 4. The number of urea groups is 1. The van der Waals surface area contributed by atoms with E-state index in [4.69, 9.17) is 16.3 Å². The normalized spacial score (nSPS) is 15.0. The van der Waals surface area contributed by atoms with Crippen molar-refractivity contribution < 1.29 is 23.9 Å². The van der Waals surface area contributed by atoms with Crippen LogP contribution >= 0.6 is 11.6 Å². The number of benzene rings is 3. The van der Waals surface area contributed by atoms with E-state index >= 15 is 0 Å². The van der Waals surface area contributed by atoms with Crippen LogP contribution in [0.25, 0.3) is 12.2 Å². The van der Waals surface area contributed by atoms with Gasteiger partial charge in [0.1, 0.15) is 11.3 Å². The molecule has 4 rings (SSSR count). The molecular weight excluding hydrogens is 456 g/mol. The van der Waals surface area contributed by atoms with Gasteiger partial charge in [-0.1, -0.05) is 60.1 Å². The van der Waals surface area contributed by atoms with E-state index in [1.54, 1.807) is 24.3 Å². The van der Waals surface area contributed by atoms with Gasteiger partial charge in [-0.25, -0.2) is 14.5 Å². The topological polar surface area (TPSA) is 92.8 Å². The molecule has 1 saturated heterocycles. The van der Waals surface area contributed by atoms with Gasteiger partial charge in [0.25, 0.3) is 11.8 Å². The van der Waals surface area contributed by atoms with Crippen molar-refractivity contribution in [3.8, 4) is 5.75 Å². The first-order chi connectivity index (χ1) is 16.4. The molecule has 1 heterocycles. The molecule has 1 fully saturated rings. The maximum absolute atomic E-state index is 13.1. The number of para-hydroxylation sites is 1. The molecule has 3 aromatic carbocycles. The Labute approximate surface area is 199 Å². The number of imide groups is 2. The first-order valence-corrected chi connectivity index (χ1v) is 10.5. The van der Waals surface area contributed by atoms with Crippen molar-refractivity contribution in [2.75, 3.05) is 4.90 Å². The van der Waals surface area contributed by atoms with E-state index in [1.807, 2.05) is 30.3 Å². The van der Waals surface area contributed by atoms with Crippen LogP contribution in [0.4, 0.5) is 10.5 Å². The summed E-state index contributed by atoms with van der Waals surface area (Å²) >= 11 is 5.88. The monoisotopic (exact) mass is 472 g/mol. The molecule has 8 heteroatoms. The molecule has 4 amide bonds. The van der Waals surface area contributed by atoms with Crippen LogP contribution in [0.5, 0.6) is 5.75 Å². The summed E-state index contributed by atoms with van der Waals surface area (Å²) in [6.45, 7) is 0. The number of ether oxygens (including phenoxy) is 1. The Morgan fingerprint density at radius 1 is 0.882 bits per heavy atom. The Morgan fingerprint density at radius 2 is 1.56 bits per heavy atom. The second kappa shape index (κ2) is 9.97. The Hall–Kier alpha value is -4.49. The molecular formula is C26H17ClN2O5. The molecule has 0 radical (unpaired) electrons. The molecule has 1 aliphatic heterocycles. The highest BCUT2D eigenvalue weighted by Crippen LogP contribution is 2.26. The Morgan fingerprint density at radius 3 is 2.29 bits per heavy atom. The number of nitrogens with zero attached hydrogens (tertiary/aromatic N) is 1. The predicted molar refractivity (Wildman–Crippen MR) is 128 cm³/mol. The number of halogens is 1. The lowest BCUT2D eigenvalue weighted by molar-refractivity contribution is -0.129. The van der Waals surface area contributed by atoms with Crippen LogP contribution in [0.3, 0.4) is 0 Å². The Kier molecular flexibility index (Phi) is 6.66. The van der Waals surface area contributed by atoms with Gasteiger partial charge in [0, 0.05) is 16.7 Å². The average Bonchev–Trinajstić information content (AvgIpc) is 2.83. The second-order valence-corrected chi connectivity index (χ2v) is 7.57. The van der Waals surface area contributed by atoms with Crippen molar-refractivity contribution in [1.29, 1.82) is 0 Å². The van der Waals surface area contributed by atoms with Crippen LogP contribution in [-0.4, -0.2) is 23.8 Å². The quantitative estimate of drug-likeness (QED) is 0.253. The minimum absolute atomic E-state index is 0.147. The zero-order valence-electron chi connectivity index (χ0n) is 17.6. The van der Waals surface area contributed by atoms with E-state index in [9.17, 15) is 19.2 Å². The lowest BCUT2D eigenvalue weighted by atomic mass is 10.1. The first-order valence-electron chi connectivity index (χ1n) is 10.1. The van der Waals surface area contributed by atoms with Crippen molar-refractivity contribution in [2.24, 2.45) is 0 Å². The van der Waals surface area contributed by atoms with Crippen molar-refractivity contribution in [2.45, 2.75) is 0 Å². The van der Waals surface area contributed by atoms with E-state index < -0.39 is 23.8 Å². The highest BCUT2D eigenvalue weighted by Gasteiger charge is 2.37. The van der Waals surface area contributed by atoms with Gasteiger partial charge in [0.05, 0.1) is 5.69 Å². The van der Waals surface area contributed by atoms with Crippen LogP contribution in [0.1, 0.15) is 11.1 Å². The molecule has 1 aliphatic rings. The molecule has 0 bridgehead atoms. The first kappa shape index (κ1) is 22.7. The maximum atomic E-state index is 13.1. The van der Waals surface area contributed by atoms with Crippen molar-refractivity contribution in [3.05, 3.63) is 107 Å². The second-order valence-electron chi connectivity index (χ2n) is 7.14. The number of anilines is 1. The van der Waals surface area contributed by atoms with E-state index in [1.165, 1.54) is 42.5 Å². The van der Waals surface area contributed by atoms with Gasteiger partial charge < -0.3 is 4.74 Å². The zero-order chi connectivity index (χ0) is 24.1. The number of barbiturate groups is 1. The number of carbonyl (C=O) groups excluding carboxylic acids is 4. The highest BCUT2D eigenvalue weighted by molar-refractivity contribution is 6.39. The lowest BCUT2D eigenvalue weighted by Crippen LogP contribution is -2.54. The largest absolute Gasteiger partial charge is 0.423 e. The number of nitrogens with one attached hydrogen (secondary N) is 1. The van der Waals surface area contributed by atoms with E-state index in [2.05, 4.69) is 5.32 Å². The Balaban J connectivity index is 1.60. The maximum Gasteiger partial charge on any atom is 0.336 e. The van der Waals surface area contributed by atoms with Gasteiger partial charge in [-0.15, -0.1) is 0 Å². The van der Waals surface area contributed by atoms with Gasteiger partial charge in [0.15, 0.2) is 0 Å². The van der Waals surface area contributed by atoms with Gasteiger partial charge in [-0.2, -0.15) is 0 Å². The van der Waals surface area contributed by atoms with Gasteiger partial charge in [-0.3, -0.25) is 14.9 Å². The van der Waals surface area contributed by atoms with Crippen molar-refractivity contribution in [3.63, 3.8) is 0 Å². The van der Waals surface area contributed by atoms with E-state index in [-0.39, 0.29) is 17.0 Å². The molecule has 0 aromatic heterocycles. The number of hydrogen-bond donors (Lipinski definition) is 1. The lowest BCUT2D eigenvalue weighted by Gasteiger charge is -2.26.